The molecular weight excluding hydrogens is 506 g/mol. The fourth-order valence-corrected chi connectivity index (χ4v) is 5.32. The monoisotopic (exact) mass is 539 g/mol. The first kappa shape index (κ1) is 27.0. The summed E-state index contributed by atoms with van der Waals surface area (Å²) in [6, 6.07) is 18.7. The summed E-state index contributed by atoms with van der Waals surface area (Å²) in [5, 5.41) is 4.55. The van der Waals surface area contributed by atoms with Gasteiger partial charge < -0.3 is 19.5 Å². The quantitative estimate of drug-likeness (QED) is 0.243. The Morgan fingerprint density at radius 2 is 1.62 bits per heavy atom. The number of nitrogens with one attached hydrogen (secondary N) is 1. The molecule has 0 saturated carbocycles. The molecule has 3 aromatic carbocycles. The molecule has 206 valence electrons. The Morgan fingerprint density at radius 1 is 0.900 bits per heavy atom. The van der Waals surface area contributed by atoms with Gasteiger partial charge in [-0.1, -0.05) is 24.3 Å². The first-order chi connectivity index (χ1) is 19.4. The maximum atomic E-state index is 12.7. The second-order valence-corrected chi connectivity index (χ2v) is 9.93. The van der Waals surface area contributed by atoms with Gasteiger partial charge in [0.15, 0.2) is 0 Å². The lowest BCUT2D eigenvalue weighted by molar-refractivity contribution is 0.0651. The number of ether oxygens (including phenoxy) is 3. The Hall–Kier alpha value is -4.59. The van der Waals surface area contributed by atoms with Gasteiger partial charge >= 0.3 is 0 Å². The van der Waals surface area contributed by atoms with Crippen molar-refractivity contribution in [2.75, 3.05) is 33.2 Å². The van der Waals surface area contributed by atoms with E-state index in [0.29, 0.717) is 35.7 Å². The predicted molar refractivity (Wildman–Crippen MR) is 156 cm³/mol. The Morgan fingerprint density at radius 3 is 2.27 bits per heavy atom. The van der Waals surface area contributed by atoms with Crippen LogP contribution in [0.3, 0.4) is 0 Å². The lowest BCUT2D eigenvalue weighted by Crippen LogP contribution is -2.31. The van der Waals surface area contributed by atoms with Gasteiger partial charge in [0.2, 0.25) is 5.88 Å². The summed E-state index contributed by atoms with van der Waals surface area (Å²) >= 11 is 0. The van der Waals surface area contributed by atoms with Crippen LogP contribution in [0.2, 0.25) is 0 Å². The number of hydrogen-bond donors (Lipinski definition) is 1. The zero-order valence-electron chi connectivity index (χ0n) is 23.4. The number of amides is 2. The molecule has 1 atom stereocenters. The van der Waals surface area contributed by atoms with E-state index in [9.17, 15) is 9.59 Å². The molecule has 0 bridgehead atoms. The molecule has 2 heterocycles. The number of benzene rings is 3. The largest absolute Gasteiger partial charge is 0.497 e. The molecule has 0 spiro atoms. The van der Waals surface area contributed by atoms with Crippen LogP contribution in [0.5, 0.6) is 17.4 Å². The van der Waals surface area contributed by atoms with E-state index in [1.807, 2.05) is 43.3 Å². The maximum Gasteiger partial charge on any atom is 0.261 e. The number of pyridine rings is 1. The number of nitrogens with zero attached hydrogens (tertiary/aromatic N) is 2. The molecule has 4 aromatic rings. The van der Waals surface area contributed by atoms with Crippen LogP contribution < -0.4 is 19.5 Å². The fraction of sp³-hybridized carbons (Fsp3) is 0.281. The van der Waals surface area contributed by atoms with Crippen molar-refractivity contribution in [1.82, 2.24) is 9.88 Å². The summed E-state index contributed by atoms with van der Waals surface area (Å²) in [5.74, 6) is 1.53. The second kappa shape index (κ2) is 11.3. The number of anilines is 1. The molecule has 8 heteroatoms. The fourth-order valence-electron chi connectivity index (χ4n) is 5.32. The van der Waals surface area contributed by atoms with Crippen molar-refractivity contribution in [3.8, 4) is 28.5 Å². The Balaban J connectivity index is 1.42. The number of methoxy groups -OCH3 is 3. The SMILES string of the molecule is COc1cccc(-c2c(OC)cc(NC(C)CCCN3C(=O)c4ccccc4C3=O)c3nc(OC)cc(C)c23)c1. The molecule has 40 heavy (non-hydrogen) atoms. The average molecular weight is 540 g/mol. The number of hydrogen-bond acceptors (Lipinski definition) is 7. The number of imide groups is 1. The molecule has 0 radical (unpaired) electrons. The van der Waals surface area contributed by atoms with E-state index in [1.165, 1.54) is 4.90 Å². The van der Waals surface area contributed by atoms with Gasteiger partial charge in [-0.05, 0) is 62.1 Å². The van der Waals surface area contributed by atoms with Gasteiger partial charge in [0, 0.05) is 35.7 Å². The van der Waals surface area contributed by atoms with Crippen molar-refractivity contribution < 1.29 is 23.8 Å². The first-order valence-electron chi connectivity index (χ1n) is 13.3. The van der Waals surface area contributed by atoms with E-state index >= 15 is 0 Å². The summed E-state index contributed by atoms with van der Waals surface area (Å²) in [6.07, 6.45) is 1.39. The van der Waals surface area contributed by atoms with Crippen LogP contribution in [-0.2, 0) is 0 Å². The third kappa shape index (κ3) is 4.93. The normalized spacial score (nSPS) is 13.4. The Bertz CT molecular complexity index is 1560. The van der Waals surface area contributed by atoms with Crippen LogP contribution in [0.4, 0.5) is 5.69 Å². The van der Waals surface area contributed by atoms with Crippen LogP contribution in [0.25, 0.3) is 22.0 Å². The summed E-state index contributed by atoms with van der Waals surface area (Å²) in [7, 11) is 4.91. The van der Waals surface area contributed by atoms with Crippen molar-refractivity contribution >= 4 is 28.4 Å². The van der Waals surface area contributed by atoms with E-state index in [4.69, 9.17) is 19.2 Å². The highest BCUT2D eigenvalue weighted by molar-refractivity contribution is 6.21. The Labute approximate surface area is 233 Å². The molecule has 1 aliphatic rings. The van der Waals surface area contributed by atoms with Crippen LogP contribution in [0.1, 0.15) is 46.0 Å². The smallest absolute Gasteiger partial charge is 0.261 e. The minimum Gasteiger partial charge on any atom is -0.497 e. The summed E-state index contributed by atoms with van der Waals surface area (Å²) < 4.78 is 16.9. The van der Waals surface area contributed by atoms with Crippen molar-refractivity contribution in [3.05, 3.63) is 77.4 Å². The molecule has 2 amide bonds. The molecule has 0 saturated heterocycles. The van der Waals surface area contributed by atoms with Crippen LogP contribution in [-0.4, -0.2) is 55.6 Å². The van der Waals surface area contributed by atoms with Crippen LogP contribution >= 0.6 is 0 Å². The van der Waals surface area contributed by atoms with E-state index < -0.39 is 0 Å². The van der Waals surface area contributed by atoms with E-state index in [2.05, 4.69) is 12.2 Å². The highest BCUT2D eigenvalue weighted by atomic mass is 16.5. The molecule has 5 rings (SSSR count). The van der Waals surface area contributed by atoms with Crippen molar-refractivity contribution in [2.24, 2.45) is 0 Å². The number of carbonyl (C=O) groups is 2. The predicted octanol–water partition coefficient (Wildman–Crippen LogP) is 6.11. The lowest BCUT2D eigenvalue weighted by atomic mass is 9.95. The topological polar surface area (TPSA) is 90.0 Å². The van der Waals surface area contributed by atoms with E-state index in [1.54, 1.807) is 45.6 Å². The van der Waals surface area contributed by atoms with Gasteiger partial charge in [0.05, 0.1) is 43.7 Å². The zero-order valence-corrected chi connectivity index (χ0v) is 23.4. The molecular formula is C32H33N3O5. The lowest BCUT2D eigenvalue weighted by Gasteiger charge is -2.22. The van der Waals surface area contributed by atoms with Crippen molar-refractivity contribution in [1.29, 1.82) is 0 Å². The summed E-state index contributed by atoms with van der Waals surface area (Å²) in [6.45, 7) is 4.47. The third-order valence-corrected chi connectivity index (χ3v) is 7.31. The molecule has 8 nitrogen and oxygen atoms in total. The minimum absolute atomic E-state index is 0.0269. The molecule has 0 aliphatic carbocycles. The minimum atomic E-state index is -0.225. The van der Waals surface area contributed by atoms with Gasteiger partial charge in [-0.3, -0.25) is 14.5 Å². The molecule has 1 aromatic heterocycles. The maximum absolute atomic E-state index is 12.7. The number of carbonyl (C=O) groups excluding carboxylic acids is 2. The van der Waals surface area contributed by atoms with E-state index in [0.717, 1.165) is 45.5 Å². The number of rotatable bonds is 10. The highest BCUT2D eigenvalue weighted by Gasteiger charge is 2.34. The number of aryl methyl sites for hydroxylation is 1. The van der Waals surface area contributed by atoms with Gasteiger partial charge in [-0.15, -0.1) is 0 Å². The average Bonchev–Trinajstić information content (AvgIpc) is 3.21. The summed E-state index contributed by atoms with van der Waals surface area (Å²) in [4.78, 5) is 31.6. The van der Waals surface area contributed by atoms with Gasteiger partial charge in [-0.25, -0.2) is 4.98 Å². The van der Waals surface area contributed by atoms with Crippen molar-refractivity contribution in [3.63, 3.8) is 0 Å². The molecule has 1 unspecified atom stereocenters. The highest BCUT2D eigenvalue weighted by Crippen LogP contribution is 2.43. The van der Waals surface area contributed by atoms with Crippen LogP contribution in [0, 0.1) is 6.92 Å². The number of fused-ring (bicyclic) bond motifs is 2. The zero-order chi connectivity index (χ0) is 28.4. The first-order valence-corrected chi connectivity index (χ1v) is 13.3. The van der Waals surface area contributed by atoms with Crippen molar-refractivity contribution in [2.45, 2.75) is 32.7 Å². The van der Waals surface area contributed by atoms with Gasteiger partial charge in [0.25, 0.3) is 11.8 Å². The second-order valence-electron chi connectivity index (χ2n) is 9.93. The summed E-state index contributed by atoms with van der Waals surface area (Å²) in [5.41, 5.74) is 5.41. The standard InChI is InChI=1S/C32H33N3O5/c1-19-16-27(40-5)34-30-25(18-26(39-4)29(28(19)30)21-11-8-12-22(17-21)38-3)33-20(2)10-9-15-35-31(36)23-13-6-7-14-24(23)32(35)37/h6-8,11-14,16-18,20,33H,9-10,15H2,1-5H3. The number of aromatic nitrogens is 1. The Kier molecular flexibility index (Phi) is 7.60. The van der Waals surface area contributed by atoms with Gasteiger partial charge in [-0.2, -0.15) is 0 Å². The molecule has 0 fully saturated rings. The third-order valence-electron chi connectivity index (χ3n) is 7.31. The molecule has 1 N–H and O–H groups in total. The molecule has 1 aliphatic heterocycles. The van der Waals surface area contributed by atoms with Crippen LogP contribution in [0.15, 0.2) is 60.7 Å². The van der Waals surface area contributed by atoms with Gasteiger partial charge in [0.1, 0.15) is 11.5 Å². The van der Waals surface area contributed by atoms with E-state index in [-0.39, 0.29) is 17.9 Å².